The first kappa shape index (κ1) is 27.9. The van der Waals surface area contributed by atoms with Crippen LogP contribution < -0.4 is 8.91 Å². The standard InChI is InChI=1S/C26H33NO7S2/c1-6-27-36(31,32)34-19-11-12-22(20(15-19)25(2,3)4)35-23-21(29)16-26(5,33-24(23)30)14-13-17-7-9-18(28)10-8-17/h7-12,15,27-29H,6,13-14,16H2,1-5H3. The van der Waals surface area contributed by atoms with Gasteiger partial charge in [0.25, 0.3) is 0 Å². The zero-order valence-electron chi connectivity index (χ0n) is 21.1. The summed E-state index contributed by atoms with van der Waals surface area (Å²) in [6.45, 7) is 9.53. The van der Waals surface area contributed by atoms with Gasteiger partial charge in [-0.05, 0) is 66.6 Å². The number of hydrogen-bond acceptors (Lipinski definition) is 8. The molecule has 0 radical (unpaired) electrons. The fourth-order valence-electron chi connectivity index (χ4n) is 3.85. The number of ether oxygens (including phenoxy) is 1. The number of aliphatic hydroxyl groups excluding tert-OH is 1. The highest BCUT2D eigenvalue weighted by atomic mass is 32.2. The van der Waals surface area contributed by atoms with Crippen LogP contribution in [0.5, 0.6) is 11.5 Å². The molecule has 10 heteroatoms. The monoisotopic (exact) mass is 535 g/mol. The van der Waals surface area contributed by atoms with Crippen LogP contribution in [0.1, 0.15) is 58.6 Å². The van der Waals surface area contributed by atoms with Gasteiger partial charge in [0.15, 0.2) is 0 Å². The Labute approximate surface area is 217 Å². The number of cyclic esters (lactones) is 1. The lowest BCUT2D eigenvalue weighted by Gasteiger charge is -2.34. The minimum atomic E-state index is -3.94. The van der Waals surface area contributed by atoms with E-state index in [9.17, 15) is 23.4 Å². The van der Waals surface area contributed by atoms with Crippen LogP contribution in [0.15, 0.2) is 58.0 Å². The number of rotatable bonds is 9. The highest BCUT2D eigenvalue weighted by Gasteiger charge is 2.39. The molecular formula is C26H33NO7S2. The molecule has 0 bridgehead atoms. The van der Waals surface area contributed by atoms with E-state index in [1.54, 1.807) is 38.1 Å². The molecule has 0 saturated heterocycles. The topological polar surface area (TPSA) is 122 Å². The van der Waals surface area contributed by atoms with Crippen molar-refractivity contribution in [2.45, 2.75) is 69.8 Å². The Morgan fingerprint density at radius 3 is 2.39 bits per heavy atom. The third-order valence-corrected chi connectivity index (χ3v) is 7.94. The van der Waals surface area contributed by atoms with Gasteiger partial charge in [0.05, 0.1) is 0 Å². The molecule has 196 valence electrons. The fourth-order valence-corrected chi connectivity index (χ4v) is 5.76. The van der Waals surface area contributed by atoms with Crippen molar-refractivity contribution in [1.82, 2.24) is 4.72 Å². The predicted octanol–water partition coefficient (Wildman–Crippen LogP) is 5.12. The number of nitrogens with one attached hydrogen (secondary N) is 1. The quantitative estimate of drug-likeness (QED) is 0.378. The molecule has 0 saturated carbocycles. The number of aliphatic hydroxyl groups is 1. The predicted molar refractivity (Wildman–Crippen MR) is 139 cm³/mol. The van der Waals surface area contributed by atoms with E-state index < -0.39 is 27.3 Å². The van der Waals surface area contributed by atoms with Gasteiger partial charge in [-0.1, -0.05) is 51.6 Å². The van der Waals surface area contributed by atoms with Crippen LogP contribution in [-0.4, -0.2) is 36.7 Å². The first-order valence-electron chi connectivity index (χ1n) is 11.7. The van der Waals surface area contributed by atoms with Crippen molar-refractivity contribution in [3.05, 3.63) is 64.3 Å². The Morgan fingerprint density at radius 2 is 1.81 bits per heavy atom. The van der Waals surface area contributed by atoms with E-state index in [2.05, 4.69) is 4.72 Å². The summed E-state index contributed by atoms with van der Waals surface area (Å²) in [5, 5.41) is 20.3. The van der Waals surface area contributed by atoms with Crippen molar-refractivity contribution < 1.29 is 32.3 Å². The molecule has 0 spiro atoms. The van der Waals surface area contributed by atoms with E-state index in [4.69, 9.17) is 8.92 Å². The average Bonchev–Trinajstić information content (AvgIpc) is 2.75. The molecule has 36 heavy (non-hydrogen) atoms. The van der Waals surface area contributed by atoms with Crippen LogP contribution in [-0.2, 0) is 31.7 Å². The molecule has 2 aromatic rings. The van der Waals surface area contributed by atoms with Gasteiger partial charge in [-0.3, -0.25) is 0 Å². The molecule has 0 aromatic heterocycles. The van der Waals surface area contributed by atoms with Crippen molar-refractivity contribution in [3.63, 3.8) is 0 Å². The Balaban J connectivity index is 1.81. The number of benzene rings is 2. The van der Waals surface area contributed by atoms with Gasteiger partial charge in [-0.15, -0.1) is 0 Å². The summed E-state index contributed by atoms with van der Waals surface area (Å²) in [6, 6.07) is 11.7. The van der Waals surface area contributed by atoms with Crippen LogP contribution >= 0.6 is 11.8 Å². The number of aryl methyl sites for hydroxylation is 1. The summed E-state index contributed by atoms with van der Waals surface area (Å²) in [5.41, 5.74) is 0.471. The molecule has 3 N–H and O–H groups in total. The highest BCUT2D eigenvalue weighted by Crippen LogP contribution is 2.43. The number of carbonyl (C=O) groups excluding carboxylic acids is 1. The second kappa shape index (κ2) is 10.7. The van der Waals surface area contributed by atoms with Crippen LogP contribution in [0.3, 0.4) is 0 Å². The molecule has 2 aromatic carbocycles. The molecule has 0 aliphatic carbocycles. The minimum Gasteiger partial charge on any atom is -0.511 e. The van der Waals surface area contributed by atoms with Crippen LogP contribution in [0.2, 0.25) is 0 Å². The zero-order valence-corrected chi connectivity index (χ0v) is 22.8. The summed E-state index contributed by atoms with van der Waals surface area (Å²) in [5.74, 6) is -0.313. The lowest BCUT2D eigenvalue weighted by Crippen LogP contribution is -2.37. The third-order valence-electron chi connectivity index (χ3n) is 5.70. The molecule has 3 rings (SSSR count). The van der Waals surface area contributed by atoms with E-state index >= 15 is 0 Å². The Kier molecular flexibility index (Phi) is 8.32. The Morgan fingerprint density at radius 1 is 1.14 bits per heavy atom. The molecule has 1 unspecified atom stereocenters. The smallest absolute Gasteiger partial charge is 0.382 e. The highest BCUT2D eigenvalue weighted by molar-refractivity contribution is 8.04. The van der Waals surface area contributed by atoms with E-state index in [1.165, 1.54) is 6.07 Å². The lowest BCUT2D eigenvalue weighted by molar-refractivity contribution is -0.156. The van der Waals surface area contributed by atoms with Gasteiger partial charge in [0, 0.05) is 17.9 Å². The maximum atomic E-state index is 13.0. The molecule has 0 amide bonds. The lowest BCUT2D eigenvalue weighted by atomic mass is 9.87. The molecule has 8 nitrogen and oxygen atoms in total. The number of hydrogen-bond donors (Lipinski definition) is 3. The van der Waals surface area contributed by atoms with Crippen LogP contribution in [0.25, 0.3) is 0 Å². The number of esters is 1. The van der Waals surface area contributed by atoms with Gasteiger partial charge in [0.2, 0.25) is 0 Å². The zero-order chi connectivity index (χ0) is 26.7. The first-order valence-corrected chi connectivity index (χ1v) is 13.9. The molecule has 1 heterocycles. The van der Waals surface area contributed by atoms with Crippen molar-refractivity contribution in [3.8, 4) is 11.5 Å². The second-order valence-electron chi connectivity index (χ2n) is 10.0. The first-order chi connectivity index (χ1) is 16.7. The Bertz CT molecular complexity index is 1250. The van der Waals surface area contributed by atoms with Gasteiger partial charge in [0.1, 0.15) is 27.8 Å². The maximum absolute atomic E-state index is 13.0. The summed E-state index contributed by atoms with van der Waals surface area (Å²) in [6.07, 6.45) is 1.29. The van der Waals surface area contributed by atoms with E-state index in [1.807, 2.05) is 32.9 Å². The second-order valence-corrected chi connectivity index (χ2v) is 12.4. The summed E-state index contributed by atoms with van der Waals surface area (Å²) >= 11 is 1.09. The van der Waals surface area contributed by atoms with Crippen molar-refractivity contribution in [1.29, 1.82) is 0 Å². The van der Waals surface area contributed by atoms with Gasteiger partial charge in [-0.2, -0.15) is 13.1 Å². The normalized spacial score (nSPS) is 18.8. The summed E-state index contributed by atoms with van der Waals surface area (Å²) < 4.78 is 37.2. The van der Waals surface area contributed by atoms with Crippen LogP contribution in [0.4, 0.5) is 0 Å². The van der Waals surface area contributed by atoms with Gasteiger partial charge >= 0.3 is 16.3 Å². The number of phenolic OH excluding ortho intramolecular Hbond substituents is 1. The average molecular weight is 536 g/mol. The largest absolute Gasteiger partial charge is 0.511 e. The van der Waals surface area contributed by atoms with Crippen molar-refractivity contribution in [2.24, 2.45) is 0 Å². The minimum absolute atomic E-state index is 0.0423. The summed E-state index contributed by atoms with van der Waals surface area (Å²) in [7, 11) is -3.94. The number of phenols is 1. The SMILES string of the molecule is CCNS(=O)(=O)Oc1ccc(SC2=C(O)CC(C)(CCc3ccc(O)cc3)OC2=O)c(C(C)(C)C)c1. The van der Waals surface area contributed by atoms with E-state index in [0.29, 0.717) is 17.7 Å². The van der Waals surface area contributed by atoms with E-state index in [-0.39, 0.29) is 35.1 Å². The van der Waals surface area contributed by atoms with E-state index in [0.717, 1.165) is 22.9 Å². The third kappa shape index (κ3) is 7.18. The van der Waals surface area contributed by atoms with Crippen molar-refractivity contribution >= 4 is 28.0 Å². The number of aromatic hydroxyl groups is 1. The molecule has 1 atom stereocenters. The van der Waals surface area contributed by atoms with Crippen molar-refractivity contribution in [2.75, 3.05) is 6.54 Å². The van der Waals surface area contributed by atoms with Crippen LogP contribution in [0, 0.1) is 0 Å². The molecule has 1 aliphatic heterocycles. The molecule has 0 fully saturated rings. The Hall–Kier alpha value is -2.69. The van der Waals surface area contributed by atoms with Gasteiger partial charge in [-0.25, -0.2) is 4.79 Å². The number of thioether (sulfide) groups is 1. The number of carbonyl (C=O) groups is 1. The fraction of sp³-hybridized carbons (Fsp3) is 0.423. The van der Waals surface area contributed by atoms with Gasteiger partial charge < -0.3 is 19.1 Å². The summed E-state index contributed by atoms with van der Waals surface area (Å²) in [4.78, 5) is 13.8. The molecule has 1 aliphatic rings. The molecular weight excluding hydrogens is 502 g/mol. The maximum Gasteiger partial charge on any atom is 0.382 e.